The minimum atomic E-state index is -5.78. The van der Waals surface area contributed by atoms with Crippen molar-refractivity contribution < 1.29 is 35.2 Å². The van der Waals surface area contributed by atoms with Gasteiger partial charge in [-0.1, -0.05) is 6.07 Å². The predicted molar refractivity (Wildman–Crippen MR) is 96.1 cm³/mol. The molecule has 1 aromatic rings. The van der Waals surface area contributed by atoms with Gasteiger partial charge in [0, 0.05) is 17.0 Å². The van der Waals surface area contributed by atoms with Crippen molar-refractivity contribution in [3.8, 4) is 11.5 Å². The molecule has 5 rings (SSSR count). The van der Waals surface area contributed by atoms with E-state index in [1.165, 1.54) is 13.2 Å². The second kappa shape index (κ2) is 5.81. The predicted octanol–water partition coefficient (Wildman–Crippen LogP) is 2.72. The van der Waals surface area contributed by atoms with Crippen molar-refractivity contribution in [2.24, 2.45) is 5.92 Å². The van der Waals surface area contributed by atoms with Gasteiger partial charge in [-0.3, -0.25) is 0 Å². The molecule has 4 aliphatic rings. The van der Waals surface area contributed by atoms with Crippen LogP contribution < -0.4 is 9.47 Å². The molecule has 2 bridgehead atoms. The number of nitrogens with zero attached hydrogens (tertiary/aromatic N) is 1. The molecule has 0 aromatic heterocycles. The first-order chi connectivity index (χ1) is 13.6. The van der Waals surface area contributed by atoms with Crippen LogP contribution in [0.2, 0.25) is 0 Å². The third-order valence-corrected chi connectivity index (χ3v) is 7.90. The van der Waals surface area contributed by atoms with E-state index >= 15 is 0 Å². The highest BCUT2D eigenvalue weighted by Gasteiger charge is 2.65. The van der Waals surface area contributed by atoms with Gasteiger partial charge in [-0.15, -0.1) is 0 Å². The highest BCUT2D eigenvalue weighted by molar-refractivity contribution is 7.87. The van der Waals surface area contributed by atoms with Gasteiger partial charge >= 0.3 is 15.6 Å². The van der Waals surface area contributed by atoms with Crippen LogP contribution in [0.15, 0.2) is 24.0 Å². The Hall–Kier alpha value is -1.94. The molecular formula is C19H20F3NO5S. The maximum absolute atomic E-state index is 13.0. The Morgan fingerprint density at radius 1 is 1.31 bits per heavy atom. The number of ether oxygens (including phenoxy) is 2. The summed E-state index contributed by atoms with van der Waals surface area (Å²) in [6, 6.07) is 3.95. The molecule has 2 heterocycles. The monoisotopic (exact) mass is 431 g/mol. The number of allylic oxidation sites excluding steroid dienone is 1. The number of benzene rings is 1. The third kappa shape index (κ3) is 2.35. The lowest BCUT2D eigenvalue weighted by Crippen LogP contribution is -2.63. The molecule has 0 radical (unpaired) electrons. The molecule has 4 atom stereocenters. The summed E-state index contributed by atoms with van der Waals surface area (Å²) in [4.78, 5) is 2.27. The molecule has 0 unspecified atom stereocenters. The number of hydrogen-bond acceptors (Lipinski definition) is 6. The maximum atomic E-state index is 13.0. The highest BCUT2D eigenvalue weighted by atomic mass is 32.2. The van der Waals surface area contributed by atoms with Crippen LogP contribution in [0.4, 0.5) is 13.2 Å². The molecule has 2 aliphatic heterocycles. The molecule has 1 fully saturated rings. The SMILES string of the molecule is COc1ccc2c3c1O[C@H]1C(OS(=O)(=O)C(F)(F)F)=CC[C@H]4[C@@H](C2)N(C)CC[C@]314. The lowest BCUT2D eigenvalue weighted by atomic mass is 9.53. The maximum Gasteiger partial charge on any atom is 0.534 e. The molecular weight excluding hydrogens is 411 g/mol. The summed E-state index contributed by atoms with van der Waals surface area (Å²) >= 11 is 0. The molecule has 6 nitrogen and oxygen atoms in total. The lowest BCUT2D eigenvalue weighted by molar-refractivity contribution is -0.0568. The standard InChI is InChI=1S/C19H20F3NO5S/c1-23-8-7-18-11-4-6-14(28-29(24,25)19(20,21)22)17(18)27-16-13(26-2)5-3-10(15(16)18)9-12(11)23/h3,5-6,11-12,17H,4,7-9H2,1-2H3/t11-,12+,17-,18-/m0/s1. The lowest BCUT2D eigenvalue weighted by Gasteiger charge is -2.56. The summed E-state index contributed by atoms with van der Waals surface area (Å²) < 4.78 is 78.5. The fourth-order valence-electron chi connectivity index (χ4n) is 5.72. The number of alkyl halides is 3. The number of piperidine rings is 1. The molecule has 1 spiro atoms. The Kier molecular flexibility index (Phi) is 3.82. The number of halogens is 3. The van der Waals surface area contributed by atoms with Crippen molar-refractivity contribution in [3.63, 3.8) is 0 Å². The quantitative estimate of drug-likeness (QED) is 0.542. The molecule has 0 amide bonds. The first-order valence-corrected chi connectivity index (χ1v) is 10.8. The van der Waals surface area contributed by atoms with E-state index in [0.29, 0.717) is 24.3 Å². The van der Waals surface area contributed by atoms with Crippen LogP contribution in [-0.4, -0.2) is 51.7 Å². The Labute approximate surface area is 166 Å². The van der Waals surface area contributed by atoms with E-state index in [1.807, 2.05) is 13.1 Å². The van der Waals surface area contributed by atoms with Gasteiger partial charge in [0.25, 0.3) is 0 Å². The van der Waals surface area contributed by atoms with Crippen LogP contribution >= 0.6 is 0 Å². The largest absolute Gasteiger partial charge is 0.534 e. The van der Waals surface area contributed by atoms with Crippen molar-refractivity contribution in [3.05, 3.63) is 35.1 Å². The average Bonchev–Trinajstić information content (AvgIpc) is 3.00. The zero-order valence-corrected chi connectivity index (χ0v) is 16.6. The van der Waals surface area contributed by atoms with Gasteiger partial charge in [0.1, 0.15) is 0 Å². The van der Waals surface area contributed by atoms with Gasteiger partial charge in [-0.05, 0) is 56.5 Å². The summed E-state index contributed by atoms with van der Waals surface area (Å²) in [6.45, 7) is 0.733. The van der Waals surface area contributed by atoms with E-state index in [2.05, 4.69) is 9.08 Å². The first kappa shape index (κ1) is 19.0. The average molecular weight is 431 g/mol. The van der Waals surface area contributed by atoms with Crippen LogP contribution in [0.3, 0.4) is 0 Å². The van der Waals surface area contributed by atoms with Crippen LogP contribution in [0.1, 0.15) is 24.0 Å². The molecule has 29 heavy (non-hydrogen) atoms. The summed E-state index contributed by atoms with van der Waals surface area (Å²) in [7, 11) is -2.24. The Bertz CT molecular complexity index is 1020. The fourth-order valence-corrected chi connectivity index (χ4v) is 6.22. The van der Waals surface area contributed by atoms with Crippen LogP contribution in [0.25, 0.3) is 0 Å². The van der Waals surface area contributed by atoms with Crippen LogP contribution in [0.5, 0.6) is 11.5 Å². The molecule has 2 aliphatic carbocycles. The number of rotatable bonds is 3. The minimum absolute atomic E-state index is 0.0908. The molecule has 10 heteroatoms. The number of likely N-dealkylation sites (tertiary alicyclic amines) is 1. The Morgan fingerprint density at radius 3 is 2.76 bits per heavy atom. The van der Waals surface area contributed by atoms with Crippen molar-refractivity contribution in [2.45, 2.75) is 42.3 Å². The Morgan fingerprint density at radius 2 is 2.07 bits per heavy atom. The van der Waals surface area contributed by atoms with Crippen LogP contribution in [0, 0.1) is 5.92 Å². The van der Waals surface area contributed by atoms with E-state index in [-0.39, 0.29) is 17.7 Å². The summed E-state index contributed by atoms with van der Waals surface area (Å²) in [5, 5.41) is 0. The van der Waals surface area contributed by atoms with E-state index in [4.69, 9.17) is 9.47 Å². The van der Waals surface area contributed by atoms with Crippen molar-refractivity contribution in [2.75, 3.05) is 20.7 Å². The summed E-state index contributed by atoms with van der Waals surface area (Å²) in [5.74, 6) is 0.784. The van der Waals surface area contributed by atoms with Gasteiger partial charge < -0.3 is 18.6 Å². The molecule has 1 saturated heterocycles. The first-order valence-electron chi connectivity index (χ1n) is 9.38. The molecule has 0 N–H and O–H groups in total. The summed E-state index contributed by atoms with van der Waals surface area (Å²) in [6.07, 6.45) is 2.38. The van der Waals surface area contributed by atoms with Gasteiger partial charge in [-0.2, -0.15) is 21.6 Å². The van der Waals surface area contributed by atoms with Crippen molar-refractivity contribution in [1.82, 2.24) is 4.90 Å². The summed E-state index contributed by atoms with van der Waals surface area (Å²) in [5.41, 5.74) is -4.12. The van der Waals surface area contributed by atoms with E-state index in [0.717, 1.165) is 24.1 Å². The fraction of sp³-hybridized carbons (Fsp3) is 0.579. The molecule has 158 valence electrons. The van der Waals surface area contributed by atoms with Gasteiger partial charge in [0.15, 0.2) is 23.4 Å². The normalized spacial score (nSPS) is 32.9. The van der Waals surface area contributed by atoms with Gasteiger partial charge in [-0.25, -0.2) is 0 Å². The number of hydrogen-bond donors (Lipinski definition) is 0. The zero-order valence-electron chi connectivity index (χ0n) is 15.8. The van der Waals surface area contributed by atoms with Crippen molar-refractivity contribution in [1.29, 1.82) is 0 Å². The van der Waals surface area contributed by atoms with E-state index in [1.54, 1.807) is 6.07 Å². The van der Waals surface area contributed by atoms with E-state index < -0.39 is 27.1 Å². The second-order valence-corrected chi connectivity index (χ2v) is 9.64. The van der Waals surface area contributed by atoms with Crippen molar-refractivity contribution >= 4 is 10.1 Å². The van der Waals surface area contributed by atoms with Gasteiger partial charge in [0.2, 0.25) is 0 Å². The second-order valence-electron chi connectivity index (χ2n) is 8.10. The molecule has 1 aromatic carbocycles. The topological polar surface area (TPSA) is 65.1 Å². The highest BCUT2D eigenvalue weighted by Crippen LogP contribution is 2.64. The van der Waals surface area contributed by atoms with Gasteiger partial charge in [0.05, 0.1) is 7.11 Å². The minimum Gasteiger partial charge on any atom is -0.493 e. The third-order valence-electron chi connectivity index (χ3n) is 6.92. The molecule has 0 saturated carbocycles. The van der Waals surface area contributed by atoms with E-state index in [9.17, 15) is 21.6 Å². The number of likely N-dealkylation sites (N-methyl/N-ethyl adjacent to an activating group) is 1. The number of methoxy groups -OCH3 is 1. The zero-order chi connectivity index (χ0) is 20.8. The van der Waals surface area contributed by atoms with Crippen LogP contribution in [-0.2, 0) is 26.1 Å². The Balaban J connectivity index is 1.67. The smallest absolute Gasteiger partial charge is 0.493 e.